The maximum atomic E-state index is 12.5. The first-order valence-electron chi connectivity index (χ1n) is 8.48. The Labute approximate surface area is 156 Å². The smallest absolute Gasteiger partial charge is 0.261 e. The van der Waals surface area contributed by atoms with Gasteiger partial charge in [0, 0.05) is 18.3 Å². The molecule has 1 N–H and O–H groups in total. The van der Waals surface area contributed by atoms with Crippen LogP contribution in [0, 0.1) is 0 Å². The van der Waals surface area contributed by atoms with Gasteiger partial charge in [0.25, 0.3) is 17.7 Å². The third-order valence-electron chi connectivity index (χ3n) is 4.60. The average Bonchev–Trinajstić information content (AvgIpc) is 2.92. The molecule has 3 aromatic rings. The number of imide groups is 1. The van der Waals surface area contributed by atoms with Crippen LogP contribution in [0.15, 0.2) is 72.8 Å². The molecule has 0 fully saturated rings. The maximum absolute atomic E-state index is 12.5. The first-order valence-corrected chi connectivity index (χ1v) is 8.48. The van der Waals surface area contributed by atoms with Gasteiger partial charge >= 0.3 is 0 Å². The van der Waals surface area contributed by atoms with E-state index in [9.17, 15) is 14.4 Å². The van der Waals surface area contributed by atoms with Crippen LogP contribution in [0.3, 0.4) is 0 Å². The molecule has 0 aromatic heterocycles. The number of nitrogens with zero attached hydrogens (tertiary/aromatic N) is 1. The molecule has 0 aliphatic carbocycles. The predicted molar refractivity (Wildman–Crippen MR) is 103 cm³/mol. The van der Waals surface area contributed by atoms with E-state index < -0.39 is 0 Å². The molecular formula is C22H16N2O3. The van der Waals surface area contributed by atoms with Crippen LogP contribution in [0.4, 0.5) is 5.69 Å². The Hall–Kier alpha value is -3.73. The molecule has 1 heterocycles. The van der Waals surface area contributed by atoms with Gasteiger partial charge in [-0.05, 0) is 41.5 Å². The summed E-state index contributed by atoms with van der Waals surface area (Å²) in [7, 11) is 1.44. The van der Waals surface area contributed by atoms with Crippen LogP contribution >= 0.6 is 0 Å². The zero-order valence-corrected chi connectivity index (χ0v) is 14.6. The maximum Gasteiger partial charge on any atom is 0.261 e. The highest BCUT2D eigenvalue weighted by Crippen LogP contribution is 2.25. The molecule has 0 atom stereocenters. The Morgan fingerprint density at radius 1 is 0.778 bits per heavy atom. The van der Waals surface area contributed by atoms with Gasteiger partial charge in [-0.2, -0.15) is 0 Å². The molecule has 27 heavy (non-hydrogen) atoms. The number of fused-ring (bicyclic) bond motifs is 1. The van der Waals surface area contributed by atoms with E-state index in [1.54, 1.807) is 24.3 Å². The van der Waals surface area contributed by atoms with E-state index in [-0.39, 0.29) is 17.7 Å². The molecule has 1 aliphatic heterocycles. The quantitative estimate of drug-likeness (QED) is 0.725. The van der Waals surface area contributed by atoms with Crippen molar-refractivity contribution in [1.29, 1.82) is 0 Å². The molecule has 5 heteroatoms. The highest BCUT2D eigenvalue weighted by Gasteiger charge is 2.32. The van der Waals surface area contributed by atoms with Gasteiger partial charge in [0.1, 0.15) is 0 Å². The zero-order valence-electron chi connectivity index (χ0n) is 14.6. The van der Waals surface area contributed by atoms with Gasteiger partial charge < -0.3 is 5.32 Å². The van der Waals surface area contributed by atoms with Crippen molar-refractivity contribution in [3.05, 3.63) is 89.5 Å². The van der Waals surface area contributed by atoms with Gasteiger partial charge in [-0.15, -0.1) is 0 Å². The minimum absolute atomic E-state index is 0.278. The second-order valence-electron chi connectivity index (χ2n) is 6.33. The van der Waals surface area contributed by atoms with Crippen molar-refractivity contribution in [2.24, 2.45) is 0 Å². The summed E-state index contributed by atoms with van der Waals surface area (Å²) in [4.78, 5) is 37.6. The van der Waals surface area contributed by atoms with Gasteiger partial charge in [-0.25, -0.2) is 0 Å². The summed E-state index contributed by atoms with van der Waals surface area (Å²) in [6.45, 7) is 0. The fourth-order valence-corrected chi connectivity index (χ4v) is 3.09. The molecular weight excluding hydrogens is 340 g/mol. The van der Waals surface area contributed by atoms with Gasteiger partial charge in [-0.3, -0.25) is 19.3 Å². The number of carbonyl (C=O) groups is 3. The van der Waals surface area contributed by atoms with E-state index in [1.165, 1.54) is 13.1 Å². The number of anilines is 1. The first kappa shape index (κ1) is 16.7. The van der Waals surface area contributed by atoms with Gasteiger partial charge in [0.15, 0.2) is 0 Å². The van der Waals surface area contributed by atoms with Crippen molar-refractivity contribution in [3.63, 3.8) is 0 Å². The van der Waals surface area contributed by atoms with Crippen molar-refractivity contribution < 1.29 is 14.4 Å². The molecule has 0 saturated carbocycles. The van der Waals surface area contributed by atoms with E-state index in [2.05, 4.69) is 5.32 Å². The van der Waals surface area contributed by atoms with E-state index in [1.807, 2.05) is 42.5 Å². The zero-order chi connectivity index (χ0) is 19.0. The van der Waals surface area contributed by atoms with Crippen LogP contribution in [-0.4, -0.2) is 29.7 Å². The molecule has 3 aromatic carbocycles. The summed E-state index contributed by atoms with van der Waals surface area (Å²) in [5.74, 6) is -0.970. The Kier molecular flexibility index (Phi) is 4.05. The molecule has 4 rings (SSSR count). The lowest BCUT2D eigenvalue weighted by Gasteiger charge is -2.07. The van der Waals surface area contributed by atoms with E-state index in [4.69, 9.17) is 0 Å². The molecule has 5 nitrogen and oxygen atoms in total. The average molecular weight is 356 g/mol. The number of amides is 3. The monoisotopic (exact) mass is 356 g/mol. The SMILES string of the molecule is CN1C(=O)c2ccc(NC(=O)c3ccc(-c4ccccc4)cc3)cc2C1=O. The summed E-state index contributed by atoms with van der Waals surface area (Å²) in [5.41, 5.74) is 3.75. The van der Waals surface area contributed by atoms with E-state index >= 15 is 0 Å². The van der Waals surface area contributed by atoms with Crippen LogP contribution in [0.5, 0.6) is 0 Å². The summed E-state index contributed by atoms with van der Waals surface area (Å²) < 4.78 is 0. The molecule has 0 unspecified atom stereocenters. The lowest BCUT2D eigenvalue weighted by Crippen LogP contribution is -2.24. The standard InChI is InChI=1S/C22H16N2O3/c1-24-21(26)18-12-11-17(13-19(18)22(24)27)23-20(25)16-9-7-15(8-10-16)14-5-3-2-4-6-14/h2-13H,1H3,(H,23,25). The van der Waals surface area contributed by atoms with Gasteiger partial charge in [0.2, 0.25) is 0 Å². The van der Waals surface area contributed by atoms with Crippen molar-refractivity contribution in [3.8, 4) is 11.1 Å². The van der Waals surface area contributed by atoms with Crippen LogP contribution in [0.1, 0.15) is 31.1 Å². The van der Waals surface area contributed by atoms with Crippen LogP contribution in [-0.2, 0) is 0 Å². The third kappa shape index (κ3) is 3.00. The van der Waals surface area contributed by atoms with Gasteiger partial charge in [-0.1, -0.05) is 42.5 Å². The Morgan fingerprint density at radius 3 is 2.11 bits per heavy atom. The normalized spacial score (nSPS) is 12.9. The number of benzene rings is 3. The van der Waals surface area contributed by atoms with Crippen molar-refractivity contribution in [2.75, 3.05) is 12.4 Å². The van der Waals surface area contributed by atoms with Crippen LogP contribution < -0.4 is 5.32 Å². The second kappa shape index (κ2) is 6.53. The number of nitrogens with one attached hydrogen (secondary N) is 1. The fourth-order valence-electron chi connectivity index (χ4n) is 3.09. The van der Waals surface area contributed by atoms with E-state index in [0.717, 1.165) is 16.0 Å². The summed E-state index contributed by atoms with van der Waals surface area (Å²) in [6.07, 6.45) is 0. The van der Waals surface area contributed by atoms with Gasteiger partial charge in [0.05, 0.1) is 11.1 Å². The number of rotatable bonds is 3. The van der Waals surface area contributed by atoms with Crippen molar-refractivity contribution in [2.45, 2.75) is 0 Å². The lowest BCUT2D eigenvalue weighted by molar-refractivity contribution is 0.0692. The molecule has 132 valence electrons. The highest BCUT2D eigenvalue weighted by atomic mass is 16.2. The Bertz CT molecular complexity index is 1060. The van der Waals surface area contributed by atoms with Crippen LogP contribution in [0.2, 0.25) is 0 Å². The van der Waals surface area contributed by atoms with E-state index in [0.29, 0.717) is 22.4 Å². The Morgan fingerprint density at radius 2 is 1.41 bits per heavy atom. The lowest BCUT2D eigenvalue weighted by atomic mass is 10.0. The largest absolute Gasteiger partial charge is 0.322 e. The summed E-state index contributed by atoms with van der Waals surface area (Å²) in [6, 6.07) is 21.9. The number of carbonyl (C=O) groups excluding carboxylic acids is 3. The van der Waals surface area contributed by atoms with Crippen molar-refractivity contribution in [1.82, 2.24) is 4.90 Å². The van der Waals surface area contributed by atoms with Crippen molar-refractivity contribution >= 4 is 23.4 Å². The molecule has 1 aliphatic rings. The molecule has 0 spiro atoms. The second-order valence-corrected chi connectivity index (χ2v) is 6.33. The first-order chi connectivity index (χ1) is 13.0. The number of hydrogen-bond acceptors (Lipinski definition) is 3. The fraction of sp³-hybridized carbons (Fsp3) is 0.0455. The minimum atomic E-state index is -0.363. The summed E-state index contributed by atoms with van der Waals surface area (Å²) in [5, 5.41) is 2.78. The minimum Gasteiger partial charge on any atom is -0.322 e. The molecule has 0 bridgehead atoms. The highest BCUT2D eigenvalue weighted by molar-refractivity contribution is 6.21. The molecule has 0 radical (unpaired) electrons. The van der Waals surface area contributed by atoms with Crippen LogP contribution in [0.25, 0.3) is 11.1 Å². The molecule has 3 amide bonds. The number of hydrogen-bond donors (Lipinski definition) is 1. The molecule has 0 saturated heterocycles. The predicted octanol–water partition coefficient (Wildman–Crippen LogP) is 3.83. The third-order valence-corrected chi connectivity index (χ3v) is 4.60. The summed E-state index contributed by atoms with van der Waals surface area (Å²) >= 11 is 0. The topological polar surface area (TPSA) is 66.5 Å². The Balaban J connectivity index is 1.53.